The topological polar surface area (TPSA) is 86.8 Å². The second kappa shape index (κ2) is 10.6. The highest BCUT2D eigenvalue weighted by atomic mass is 19.4. The number of aromatic nitrogens is 3. The van der Waals surface area contributed by atoms with Crippen LogP contribution in [0.15, 0.2) is 54.7 Å². The first-order valence-electron chi connectivity index (χ1n) is 12.8. The molecule has 2 aromatic carbocycles. The SMILES string of the molecule is COc1ccc(-c2nc3c(C(=O)N4CCN([C@@H](C)c5ccc(C#N)cc5)CC4)cnn3c(C(F)(F)F)c2C)cc1. The zero-order valence-corrected chi connectivity index (χ0v) is 22.2. The lowest BCUT2D eigenvalue weighted by atomic mass is 10.0. The second-order valence-electron chi connectivity index (χ2n) is 9.69. The Bertz CT molecular complexity index is 1580. The summed E-state index contributed by atoms with van der Waals surface area (Å²) in [6, 6.07) is 16.2. The number of benzene rings is 2. The van der Waals surface area contributed by atoms with E-state index in [1.54, 1.807) is 41.3 Å². The normalized spacial score (nSPS) is 15.2. The summed E-state index contributed by atoms with van der Waals surface area (Å²) in [5, 5.41) is 13.0. The minimum atomic E-state index is -4.72. The first kappa shape index (κ1) is 27.1. The predicted octanol–water partition coefficient (Wildman–Crippen LogP) is 5.12. The average molecular weight is 549 g/mol. The van der Waals surface area contributed by atoms with Crippen LogP contribution >= 0.6 is 0 Å². The third-order valence-electron chi connectivity index (χ3n) is 7.42. The van der Waals surface area contributed by atoms with Crippen LogP contribution in [0.3, 0.4) is 0 Å². The highest BCUT2D eigenvalue weighted by Gasteiger charge is 2.39. The van der Waals surface area contributed by atoms with Crippen LogP contribution in [-0.4, -0.2) is 63.6 Å². The van der Waals surface area contributed by atoms with Gasteiger partial charge in [0.2, 0.25) is 0 Å². The number of carbonyl (C=O) groups excluding carboxylic acids is 1. The zero-order valence-electron chi connectivity index (χ0n) is 22.2. The Kier molecular flexibility index (Phi) is 7.21. The number of rotatable bonds is 5. The molecule has 4 aromatic rings. The number of carbonyl (C=O) groups is 1. The van der Waals surface area contributed by atoms with Crippen LogP contribution in [0.5, 0.6) is 5.75 Å². The van der Waals surface area contributed by atoms with E-state index in [1.807, 2.05) is 12.1 Å². The smallest absolute Gasteiger partial charge is 0.433 e. The van der Waals surface area contributed by atoms with Gasteiger partial charge in [-0.05, 0) is 55.8 Å². The number of nitrogens with zero attached hydrogens (tertiary/aromatic N) is 6. The molecular formula is C29H27F3N6O2. The van der Waals surface area contributed by atoms with Crippen molar-refractivity contribution in [1.29, 1.82) is 5.26 Å². The highest BCUT2D eigenvalue weighted by Crippen LogP contribution is 2.37. The number of ether oxygens (including phenoxy) is 1. The van der Waals surface area contributed by atoms with E-state index in [0.29, 0.717) is 43.1 Å². The molecule has 5 rings (SSSR count). The summed E-state index contributed by atoms with van der Waals surface area (Å²) in [6.07, 6.45) is -3.55. The first-order valence-corrected chi connectivity index (χ1v) is 12.8. The van der Waals surface area contributed by atoms with Crippen LogP contribution in [0, 0.1) is 18.3 Å². The molecule has 2 aromatic heterocycles. The molecule has 3 heterocycles. The van der Waals surface area contributed by atoms with E-state index in [-0.39, 0.29) is 28.5 Å². The molecule has 0 N–H and O–H groups in total. The molecule has 1 fully saturated rings. The monoisotopic (exact) mass is 548 g/mol. The van der Waals surface area contributed by atoms with Crippen molar-refractivity contribution in [3.8, 4) is 23.1 Å². The molecule has 1 saturated heterocycles. The number of nitriles is 1. The summed E-state index contributed by atoms with van der Waals surface area (Å²) in [4.78, 5) is 21.9. The van der Waals surface area contributed by atoms with Crippen LogP contribution in [-0.2, 0) is 6.18 Å². The third kappa shape index (κ3) is 4.98. The van der Waals surface area contributed by atoms with Gasteiger partial charge in [-0.1, -0.05) is 12.1 Å². The highest BCUT2D eigenvalue weighted by molar-refractivity contribution is 6.00. The van der Waals surface area contributed by atoms with Gasteiger partial charge in [0.25, 0.3) is 5.91 Å². The molecule has 8 nitrogen and oxygen atoms in total. The predicted molar refractivity (Wildman–Crippen MR) is 142 cm³/mol. The van der Waals surface area contributed by atoms with E-state index < -0.39 is 17.8 Å². The van der Waals surface area contributed by atoms with Crippen molar-refractivity contribution >= 4 is 11.6 Å². The molecule has 1 amide bonds. The van der Waals surface area contributed by atoms with Crippen molar-refractivity contribution in [3.63, 3.8) is 0 Å². The summed E-state index contributed by atoms with van der Waals surface area (Å²) in [5.41, 5.74) is 1.07. The molecule has 1 atom stereocenters. The lowest BCUT2D eigenvalue weighted by Gasteiger charge is -2.38. The van der Waals surface area contributed by atoms with Gasteiger partial charge in [-0.3, -0.25) is 9.69 Å². The quantitative estimate of drug-likeness (QED) is 0.344. The van der Waals surface area contributed by atoms with Gasteiger partial charge >= 0.3 is 6.18 Å². The molecule has 11 heteroatoms. The lowest BCUT2D eigenvalue weighted by molar-refractivity contribution is -0.143. The fraction of sp³-hybridized carbons (Fsp3) is 0.310. The van der Waals surface area contributed by atoms with Gasteiger partial charge in [-0.15, -0.1) is 0 Å². The Morgan fingerprint density at radius 3 is 2.27 bits per heavy atom. The number of hydrogen-bond acceptors (Lipinski definition) is 6. The van der Waals surface area contributed by atoms with Gasteiger partial charge in [-0.25, -0.2) is 9.50 Å². The minimum absolute atomic E-state index is 0.0221. The zero-order chi connectivity index (χ0) is 28.6. The molecule has 0 spiro atoms. The van der Waals surface area contributed by atoms with Crippen LogP contribution in [0.2, 0.25) is 0 Å². The number of piperazine rings is 1. The fourth-order valence-electron chi connectivity index (χ4n) is 5.12. The van der Waals surface area contributed by atoms with Gasteiger partial charge in [0.05, 0.1) is 30.6 Å². The molecule has 0 bridgehead atoms. The molecule has 0 aliphatic carbocycles. The Labute approximate surface area is 229 Å². The molecule has 0 radical (unpaired) electrons. The maximum Gasteiger partial charge on any atom is 0.433 e. The Hall–Kier alpha value is -4.43. The van der Waals surface area contributed by atoms with E-state index in [0.717, 1.165) is 10.1 Å². The van der Waals surface area contributed by atoms with Crippen molar-refractivity contribution in [2.75, 3.05) is 33.3 Å². The summed E-state index contributed by atoms with van der Waals surface area (Å²) < 4.78 is 48.6. The van der Waals surface area contributed by atoms with Crippen molar-refractivity contribution in [2.45, 2.75) is 26.1 Å². The number of halogens is 3. The van der Waals surface area contributed by atoms with E-state index in [4.69, 9.17) is 10.00 Å². The van der Waals surface area contributed by atoms with E-state index >= 15 is 0 Å². The van der Waals surface area contributed by atoms with Gasteiger partial charge < -0.3 is 9.64 Å². The molecular weight excluding hydrogens is 521 g/mol. The number of methoxy groups -OCH3 is 1. The van der Waals surface area contributed by atoms with Gasteiger partial charge in [0.1, 0.15) is 11.3 Å². The maximum absolute atomic E-state index is 14.2. The van der Waals surface area contributed by atoms with Crippen molar-refractivity contribution < 1.29 is 22.7 Å². The minimum Gasteiger partial charge on any atom is -0.497 e. The number of hydrogen-bond donors (Lipinski definition) is 0. The van der Waals surface area contributed by atoms with Crippen molar-refractivity contribution in [1.82, 2.24) is 24.4 Å². The summed E-state index contributed by atoms with van der Waals surface area (Å²) >= 11 is 0. The first-order chi connectivity index (χ1) is 19.1. The molecule has 0 saturated carbocycles. The molecule has 0 unspecified atom stereocenters. The summed E-state index contributed by atoms with van der Waals surface area (Å²) in [5.74, 6) is 0.150. The molecule has 40 heavy (non-hydrogen) atoms. The Morgan fingerprint density at radius 1 is 1.05 bits per heavy atom. The van der Waals surface area contributed by atoms with Gasteiger partial charge in [0.15, 0.2) is 11.3 Å². The van der Waals surface area contributed by atoms with Crippen LogP contribution in [0.4, 0.5) is 13.2 Å². The molecule has 206 valence electrons. The summed E-state index contributed by atoms with van der Waals surface area (Å²) in [6.45, 7) is 5.40. The number of alkyl halides is 3. The van der Waals surface area contributed by atoms with Gasteiger partial charge in [0, 0.05) is 43.3 Å². The standard InChI is InChI=1S/C29H27F3N6O2/c1-18-25(22-8-10-23(40-3)11-9-22)35-27-24(17-34-38(27)26(18)29(30,31)32)28(39)37-14-12-36(13-15-37)19(2)21-6-4-20(16-33)5-7-21/h4-11,17,19H,12-15H2,1-3H3/t19-/m0/s1. The Morgan fingerprint density at radius 2 is 1.70 bits per heavy atom. The maximum atomic E-state index is 14.2. The lowest BCUT2D eigenvalue weighted by Crippen LogP contribution is -2.49. The van der Waals surface area contributed by atoms with Crippen LogP contribution in [0.25, 0.3) is 16.9 Å². The number of fused-ring (bicyclic) bond motifs is 1. The summed E-state index contributed by atoms with van der Waals surface area (Å²) in [7, 11) is 1.50. The van der Waals surface area contributed by atoms with Crippen LogP contribution < -0.4 is 4.74 Å². The van der Waals surface area contributed by atoms with E-state index in [1.165, 1.54) is 20.2 Å². The Balaban J connectivity index is 1.43. The van der Waals surface area contributed by atoms with Crippen molar-refractivity contribution in [2.24, 2.45) is 0 Å². The number of amides is 1. The largest absolute Gasteiger partial charge is 0.497 e. The third-order valence-corrected chi connectivity index (χ3v) is 7.42. The fourth-order valence-corrected chi connectivity index (χ4v) is 5.12. The van der Waals surface area contributed by atoms with Gasteiger partial charge in [-0.2, -0.15) is 23.5 Å². The average Bonchev–Trinajstić information content (AvgIpc) is 3.38. The van der Waals surface area contributed by atoms with E-state index in [9.17, 15) is 18.0 Å². The van der Waals surface area contributed by atoms with Crippen molar-refractivity contribution in [3.05, 3.63) is 82.7 Å². The van der Waals surface area contributed by atoms with E-state index in [2.05, 4.69) is 28.0 Å². The second-order valence-corrected chi connectivity index (χ2v) is 9.69. The molecule has 1 aliphatic rings. The molecule has 1 aliphatic heterocycles. The van der Waals surface area contributed by atoms with Crippen LogP contribution in [0.1, 0.15) is 45.7 Å².